The molecule has 0 unspecified atom stereocenters. The lowest BCUT2D eigenvalue weighted by Gasteiger charge is -2.32. The number of halogens is 4. The molecule has 0 aromatic heterocycles. The van der Waals surface area contributed by atoms with Gasteiger partial charge in [-0.15, -0.1) is 0 Å². The lowest BCUT2D eigenvalue weighted by atomic mass is 10.1. The van der Waals surface area contributed by atoms with Crippen molar-refractivity contribution in [3.63, 3.8) is 0 Å². The molecule has 12 heteroatoms. The summed E-state index contributed by atoms with van der Waals surface area (Å²) in [4.78, 5) is 28.1. The van der Waals surface area contributed by atoms with Crippen LogP contribution in [0.15, 0.2) is 36.4 Å². The summed E-state index contributed by atoms with van der Waals surface area (Å²) in [5, 5.41) is 4.20. The van der Waals surface area contributed by atoms with Crippen molar-refractivity contribution >= 4 is 73.9 Å². The second-order valence-electron chi connectivity index (χ2n) is 9.32. The van der Waals surface area contributed by atoms with E-state index in [4.69, 9.17) is 46.4 Å². The van der Waals surface area contributed by atoms with Crippen molar-refractivity contribution < 1.29 is 18.0 Å². The SMILES string of the molecule is CC[C@@H](C(=O)NCC(C)C)N(Cc1c(Cl)cccc1Cl)C(=O)CCCN(c1cc(Cl)ccc1Cl)S(C)(=O)=O. The summed E-state index contributed by atoms with van der Waals surface area (Å²) < 4.78 is 26.2. The molecule has 0 spiro atoms. The van der Waals surface area contributed by atoms with Gasteiger partial charge in [-0.2, -0.15) is 0 Å². The molecule has 0 radical (unpaired) electrons. The van der Waals surface area contributed by atoms with Crippen LogP contribution in [-0.2, 0) is 26.2 Å². The van der Waals surface area contributed by atoms with Crippen LogP contribution in [0.1, 0.15) is 45.6 Å². The van der Waals surface area contributed by atoms with E-state index >= 15 is 0 Å². The highest BCUT2D eigenvalue weighted by molar-refractivity contribution is 7.92. The molecule has 210 valence electrons. The number of rotatable bonds is 13. The molecule has 0 fully saturated rings. The largest absolute Gasteiger partial charge is 0.354 e. The summed E-state index contributed by atoms with van der Waals surface area (Å²) in [7, 11) is -3.72. The van der Waals surface area contributed by atoms with E-state index in [9.17, 15) is 18.0 Å². The van der Waals surface area contributed by atoms with Crippen LogP contribution >= 0.6 is 46.4 Å². The Balaban J connectivity index is 2.30. The summed E-state index contributed by atoms with van der Waals surface area (Å²) in [6.07, 6.45) is 1.57. The minimum atomic E-state index is -3.72. The predicted molar refractivity (Wildman–Crippen MR) is 157 cm³/mol. The van der Waals surface area contributed by atoms with Crippen LogP contribution in [0.5, 0.6) is 0 Å². The zero-order valence-electron chi connectivity index (χ0n) is 21.8. The van der Waals surface area contributed by atoms with Crippen molar-refractivity contribution in [3.05, 3.63) is 62.1 Å². The Morgan fingerprint density at radius 3 is 2.18 bits per heavy atom. The minimum absolute atomic E-state index is 0.0122. The van der Waals surface area contributed by atoms with Crippen LogP contribution in [0.3, 0.4) is 0 Å². The molecule has 2 aromatic rings. The lowest BCUT2D eigenvalue weighted by molar-refractivity contribution is -0.141. The van der Waals surface area contributed by atoms with E-state index < -0.39 is 16.1 Å². The van der Waals surface area contributed by atoms with E-state index in [1.54, 1.807) is 24.3 Å². The van der Waals surface area contributed by atoms with Crippen molar-refractivity contribution in [1.29, 1.82) is 0 Å². The molecule has 0 saturated carbocycles. The summed E-state index contributed by atoms with van der Waals surface area (Å²) >= 11 is 25.1. The fourth-order valence-electron chi connectivity index (χ4n) is 3.86. The lowest BCUT2D eigenvalue weighted by Crippen LogP contribution is -2.49. The van der Waals surface area contributed by atoms with Crippen molar-refractivity contribution in [3.8, 4) is 0 Å². The van der Waals surface area contributed by atoms with Gasteiger partial charge in [0.05, 0.1) is 17.0 Å². The number of benzene rings is 2. The average molecular weight is 625 g/mol. The summed E-state index contributed by atoms with van der Waals surface area (Å²) in [6.45, 7) is 6.26. The second-order valence-corrected chi connectivity index (χ2v) is 12.9. The zero-order chi connectivity index (χ0) is 28.6. The smallest absolute Gasteiger partial charge is 0.242 e. The fraction of sp³-hybridized carbons (Fsp3) is 0.462. The van der Waals surface area contributed by atoms with E-state index in [0.717, 1.165) is 10.6 Å². The van der Waals surface area contributed by atoms with Gasteiger partial charge >= 0.3 is 0 Å². The van der Waals surface area contributed by atoms with E-state index in [0.29, 0.717) is 33.6 Å². The first kappa shape index (κ1) is 32.5. The number of carbonyl (C=O) groups excluding carboxylic acids is 2. The van der Waals surface area contributed by atoms with Crippen LogP contribution in [0.25, 0.3) is 0 Å². The number of amides is 2. The van der Waals surface area contributed by atoms with E-state index in [1.807, 2.05) is 20.8 Å². The Labute approximate surface area is 245 Å². The molecule has 1 N–H and O–H groups in total. The molecular formula is C26H33Cl4N3O4S. The number of hydrogen-bond acceptors (Lipinski definition) is 4. The minimum Gasteiger partial charge on any atom is -0.354 e. The third kappa shape index (κ3) is 9.19. The van der Waals surface area contributed by atoms with Gasteiger partial charge in [0.25, 0.3) is 0 Å². The molecule has 2 rings (SSSR count). The molecule has 0 heterocycles. The van der Waals surface area contributed by atoms with Gasteiger partial charge in [-0.05, 0) is 49.1 Å². The molecule has 38 heavy (non-hydrogen) atoms. The van der Waals surface area contributed by atoms with Gasteiger partial charge in [0, 0.05) is 46.7 Å². The zero-order valence-corrected chi connectivity index (χ0v) is 25.6. The van der Waals surface area contributed by atoms with Crippen LogP contribution in [0.4, 0.5) is 5.69 Å². The maximum absolute atomic E-state index is 13.5. The molecule has 0 bridgehead atoms. The quantitative estimate of drug-likeness (QED) is 0.278. The summed E-state index contributed by atoms with van der Waals surface area (Å²) in [5.74, 6) is -0.377. The van der Waals surface area contributed by atoms with Gasteiger partial charge < -0.3 is 10.2 Å². The van der Waals surface area contributed by atoms with Crippen molar-refractivity contribution in [2.45, 2.75) is 52.6 Å². The van der Waals surface area contributed by atoms with Crippen molar-refractivity contribution in [2.75, 3.05) is 23.7 Å². The van der Waals surface area contributed by atoms with Crippen molar-refractivity contribution in [2.24, 2.45) is 5.92 Å². The number of nitrogens with one attached hydrogen (secondary N) is 1. The molecule has 0 saturated heterocycles. The molecule has 0 aliphatic heterocycles. The third-order valence-corrected chi connectivity index (χ3v) is 8.23. The Kier molecular flexibility index (Phi) is 12.5. The van der Waals surface area contributed by atoms with Crippen LogP contribution in [0.2, 0.25) is 20.1 Å². The Hall–Kier alpha value is -1.71. The normalized spacial score (nSPS) is 12.3. The first-order valence-electron chi connectivity index (χ1n) is 12.2. The van der Waals surface area contributed by atoms with Gasteiger partial charge in [-0.25, -0.2) is 8.42 Å². The van der Waals surface area contributed by atoms with Crippen LogP contribution in [-0.4, -0.2) is 50.5 Å². The van der Waals surface area contributed by atoms with Gasteiger partial charge in [-0.1, -0.05) is 73.2 Å². The van der Waals surface area contributed by atoms with Crippen LogP contribution in [0, 0.1) is 5.92 Å². The Morgan fingerprint density at radius 2 is 1.63 bits per heavy atom. The maximum Gasteiger partial charge on any atom is 0.242 e. The number of anilines is 1. The molecular weight excluding hydrogens is 592 g/mol. The molecule has 7 nitrogen and oxygen atoms in total. The van der Waals surface area contributed by atoms with Gasteiger partial charge in [0.2, 0.25) is 21.8 Å². The molecule has 2 aromatic carbocycles. The highest BCUT2D eigenvalue weighted by Gasteiger charge is 2.30. The molecule has 1 atom stereocenters. The third-order valence-electron chi connectivity index (χ3n) is 5.79. The summed E-state index contributed by atoms with van der Waals surface area (Å²) in [6, 6.07) is 8.82. The highest BCUT2D eigenvalue weighted by atomic mass is 35.5. The van der Waals surface area contributed by atoms with Crippen molar-refractivity contribution in [1.82, 2.24) is 10.2 Å². The van der Waals surface area contributed by atoms with Gasteiger partial charge in [0.1, 0.15) is 6.04 Å². The molecule has 2 amide bonds. The highest BCUT2D eigenvalue weighted by Crippen LogP contribution is 2.31. The first-order chi connectivity index (χ1) is 17.8. The predicted octanol–water partition coefficient (Wildman–Crippen LogP) is 6.43. The molecule has 0 aliphatic rings. The summed E-state index contributed by atoms with van der Waals surface area (Å²) in [5.41, 5.74) is 0.760. The topological polar surface area (TPSA) is 86.8 Å². The van der Waals surface area contributed by atoms with E-state index in [1.165, 1.54) is 17.0 Å². The average Bonchev–Trinajstić information content (AvgIpc) is 2.83. The number of carbonyl (C=O) groups is 2. The van der Waals surface area contributed by atoms with E-state index in [2.05, 4.69) is 5.32 Å². The van der Waals surface area contributed by atoms with E-state index in [-0.39, 0.29) is 54.4 Å². The molecule has 0 aliphatic carbocycles. The Morgan fingerprint density at radius 1 is 1.00 bits per heavy atom. The second kappa shape index (κ2) is 14.6. The van der Waals surface area contributed by atoms with Gasteiger partial charge in [0.15, 0.2) is 0 Å². The number of hydrogen-bond donors (Lipinski definition) is 1. The number of nitrogens with zero attached hydrogens (tertiary/aromatic N) is 2. The standard InChI is InChI=1S/C26H33Cl4N3O4S/c1-5-23(26(35)31-15-17(2)3)32(16-19-20(28)8-6-9-21(19)29)25(34)10-7-13-33(38(4,36)37)24-14-18(27)11-12-22(24)30/h6,8-9,11-12,14,17,23H,5,7,10,13,15-16H2,1-4H3,(H,31,35)/t23-/m0/s1. The fourth-order valence-corrected chi connectivity index (χ4v) is 5.78. The number of sulfonamides is 1. The maximum atomic E-state index is 13.5. The Bertz CT molecular complexity index is 1220. The van der Waals surface area contributed by atoms with Gasteiger partial charge in [-0.3, -0.25) is 13.9 Å². The van der Waals surface area contributed by atoms with Crippen LogP contribution < -0.4 is 9.62 Å². The monoisotopic (exact) mass is 623 g/mol. The first-order valence-corrected chi connectivity index (χ1v) is 15.5.